The summed E-state index contributed by atoms with van der Waals surface area (Å²) in [6.45, 7) is 4.38. The summed E-state index contributed by atoms with van der Waals surface area (Å²) in [6.07, 6.45) is 6.33. The van der Waals surface area contributed by atoms with Crippen molar-refractivity contribution in [2.24, 2.45) is 5.41 Å². The highest BCUT2D eigenvalue weighted by Crippen LogP contribution is 2.40. The van der Waals surface area contributed by atoms with E-state index in [0.29, 0.717) is 0 Å². The van der Waals surface area contributed by atoms with E-state index in [-0.39, 0.29) is 11.3 Å². The molecule has 21 heavy (non-hydrogen) atoms. The van der Waals surface area contributed by atoms with E-state index < -0.39 is 0 Å². The van der Waals surface area contributed by atoms with Crippen LogP contribution >= 0.6 is 0 Å². The molecule has 0 bridgehead atoms. The van der Waals surface area contributed by atoms with Crippen LogP contribution in [0.15, 0.2) is 36.7 Å². The zero-order valence-corrected chi connectivity index (χ0v) is 12.3. The highest BCUT2D eigenvalue weighted by molar-refractivity contribution is 5.65. The molecule has 2 aromatic rings. The van der Waals surface area contributed by atoms with E-state index in [2.05, 4.69) is 24.1 Å². The van der Waals surface area contributed by atoms with Crippen LogP contribution in [-0.2, 0) is 11.2 Å². The summed E-state index contributed by atoms with van der Waals surface area (Å²) in [5, 5.41) is 3.27. The highest BCUT2D eigenvalue weighted by Gasteiger charge is 2.32. The van der Waals surface area contributed by atoms with Gasteiger partial charge in [-0.15, -0.1) is 0 Å². The smallest absolute Gasteiger partial charge is 0.130 e. The topological polar surface area (TPSA) is 54.9 Å². The summed E-state index contributed by atoms with van der Waals surface area (Å²) >= 11 is 0. The van der Waals surface area contributed by atoms with Crippen molar-refractivity contribution < 1.29 is 4.79 Å². The fourth-order valence-electron chi connectivity index (χ4n) is 3.00. The van der Waals surface area contributed by atoms with Gasteiger partial charge in [-0.3, -0.25) is 4.98 Å². The lowest BCUT2D eigenvalue weighted by molar-refractivity contribution is -0.109. The molecule has 1 atom stereocenters. The van der Waals surface area contributed by atoms with Crippen LogP contribution in [0.5, 0.6) is 0 Å². The van der Waals surface area contributed by atoms with Crippen LogP contribution in [0, 0.1) is 5.41 Å². The van der Waals surface area contributed by atoms with E-state index in [4.69, 9.17) is 4.98 Å². The number of fused-ring (bicyclic) bond motifs is 1. The van der Waals surface area contributed by atoms with Gasteiger partial charge in [0.15, 0.2) is 0 Å². The molecule has 4 heteroatoms. The maximum atomic E-state index is 11.3. The second kappa shape index (κ2) is 5.28. The third kappa shape index (κ3) is 2.94. The van der Waals surface area contributed by atoms with Gasteiger partial charge >= 0.3 is 0 Å². The van der Waals surface area contributed by atoms with Crippen LogP contribution in [0.2, 0.25) is 0 Å². The molecule has 0 radical (unpaired) electrons. The number of hydrogen-bond donors (Lipinski definition) is 1. The monoisotopic (exact) mass is 281 g/mol. The van der Waals surface area contributed by atoms with E-state index >= 15 is 0 Å². The van der Waals surface area contributed by atoms with Crippen molar-refractivity contribution in [3.05, 3.63) is 47.9 Å². The van der Waals surface area contributed by atoms with Gasteiger partial charge in [0.2, 0.25) is 0 Å². The number of hydrogen-bond acceptors (Lipinski definition) is 4. The van der Waals surface area contributed by atoms with Gasteiger partial charge in [0.1, 0.15) is 12.1 Å². The Kier molecular flexibility index (Phi) is 3.45. The Hall–Kier alpha value is -2.23. The van der Waals surface area contributed by atoms with Gasteiger partial charge < -0.3 is 10.1 Å². The molecule has 1 aliphatic rings. The zero-order chi connectivity index (χ0) is 14.9. The molecule has 2 heterocycles. The molecule has 0 spiro atoms. The largest absolute Gasteiger partial charge is 0.340 e. The first kappa shape index (κ1) is 13.7. The lowest BCUT2D eigenvalue weighted by Crippen LogP contribution is -2.27. The van der Waals surface area contributed by atoms with Crippen molar-refractivity contribution >= 4 is 17.8 Å². The lowest BCUT2D eigenvalue weighted by atomic mass is 9.71. The molecule has 1 aliphatic carbocycles. The van der Waals surface area contributed by atoms with Gasteiger partial charge in [-0.1, -0.05) is 19.9 Å². The number of carbonyl (C=O) groups is 1. The molecule has 3 rings (SSSR count). The minimum absolute atomic E-state index is 0.0359. The van der Waals surface area contributed by atoms with Crippen LogP contribution in [0.4, 0.5) is 11.5 Å². The first-order valence-electron chi connectivity index (χ1n) is 7.19. The van der Waals surface area contributed by atoms with Gasteiger partial charge in [-0.05, 0) is 42.0 Å². The minimum Gasteiger partial charge on any atom is -0.340 e. The predicted octanol–water partition coefficient (Wildman–Crippen LogP) is 3.48. The van der Waals surface area contributed by atoms with Crippen LogP contribution in [0.25, 0.3) is 0 Å². The number of aromatic nitrogens is 2. The van der Waals surface area contributed by atoms with Crippen molar-refractivity contribution in [3.63, 3.8) is 0 Å². The van der Waals surface area contributed by atoms with Crippen LogP contribution in [-0.4, -0.2) is 16.3 Å². The molecule has 2 aromatic heterocycles. The molecule has 0 aliphatic heterocycles. The van der Waals surface area contributed by atoms with Gasteiger partial charge in [-0.2, -0.15) is 0 Å². The third-order valence-electron chi connectivity index (χ3n) is 3.94. The first-order chi connectivity index (χ1) is 10.1. The van der Waals surface area contributed by atoms with Gasteiger partial charge in [0, 0.05) is 29.7 Å². The molecule has 0 saturated heterocycles. The molecule has 0 amide bonds. The molecule has 1 unspecified atom stereocenters. The van der Waals surface area contributed by atoms with E-state index in [0.717, 1.165) is 41.9 Å². The van der Waals surface area contributed by atoms with Crippen molar-refractivity contribution in [1.29, 1.82) is 0 Å². The van der Waals surface area contributed by atoms with E-state index in [1.807, 2.05) is 24.3 Å². The fraction of sp³-hybridized carbons (Fsp3) is 0.353. The summed E-state index contributed by atoms with van der Waals surface area (Å²) in [7, 11) is 0. The third-order valence-corrected chi connectivity index (χ3v) is 3.94. The zero-order valence-electron chi connectivity index (χ0n) is 12.3. The molecule has 0 fully saturated rings. The Bertz CT molecular complexity index is 652. The van der Waals surface area contributed by atoms with E-state index in [1.54, 1.807) is 12.4 Å². The maximum absolute atomic E-state index is 11.3. The van der Waals surface area contributed by atoms with Crippen LogP contribution < -0.4 is 5.32 Å². The average molecular weight is 281 g/mol. The Morgan fingerprint density at radius 3 is 2.71 bits per heavy atom. The van der Waals surface area contributed by atoms with Crippen molar-refractivity contribution in [2.45, 2.75) is 32.6 Å². The molecule has 0 saturated carbocycles. The first-order valence-corrected chi connectivity index (χ1v) is 7.19. The lowest BCUT2D eigenvalue weighted by Gasteiger charge is -2.34. The van der Waals surface area contributed by atoms with E-state index in [9.17, 15) is 4.79 Å². The van der Waals surface area contributed by atoms with Gasteiger partial charge in [0.05, 0.1) is 0 Å². The summed E-state index contributed by atoms with van der Waals surface area (Å²) in [5.41, 5.74) is 3.17. The van der Waals surface area contributed by atoms with Gasteiger partial charge in [-0.25, -0.2) is 4.98 Å². The SMILES string of the molecule is CC1(C)Cc2nc(Nc3ccncc3)ccc2C(C=O)C1. The highest BCUT2D eigenvalue weighted by atomic mass is 16.1. The molecular formula is C17H19N3O. The summed E-state index contributed by atoms with van der Waals surface area (Å²) in [4.78, 5) is 20.0. The maximum Gasteiger partial charge on any atom is 0.130 e. The standard InChI is InChI=1S/C17H19N3O/c1-17(2)9-12(11-21)14-3-4-16(20-15(14)10-17)19-13-5-7-18-8-6-13/h3-8,11-12H,9-10H2,1-2H3,(H,18,19,20). The normalized spacial score (nSPS) is 19.6. The van der Waals surface area contributed by atoms with Crippen molar-refractivity contribution in [2.75, 3.05) is 5.32 Å². The average Bonchev–Trinajstić information content (AvgIpc) is 2.46. The predicted molar refractivity (Wildman–Crippen MR) is 82.7 cm³/mol. The Morgan fingerprint density at radius 1 is 1.24 bits per heavy atom. The second-order valence-corrected chi connectivity index (χ2v) is 6.38. The summed E-state index contributed by atoms with van der Waals surface area (Å²) in [5.74, 6) is 0.772. The van der Waals surface area contributed by atoms with Crippen molar-refractivity contribution in [1.82, 2.24) is 9.97 Å². The van der Waals surface area contributed by atoms with Gasteiger partial charge in [0.25, 0.3) is 0 Å². The second-order valence-electron chi connectivity index (χ2n) is 6.38. The summed E-state index contributed by atoms with van der Waals surface area (Å²) in [6, 6.07) is 7.77. The van der Waals surface area contributed by atoms with E-state index in [1.165, 1.54) is 0 Å². The quantitative estimate of drug-likeness (QED) is 0.875. The fourth-order valence-corrected chi connectivity index (χ4v) is 3.00. The molecule has 1 N–H and O–H groups in total. The number of nitrogens with one attached hydrogen (secondary N) is 1. The molecule has 4 nitrogen and oxygen atoms in total. The number of aldehydes is 1. The Balaban J connectivity index is 1.92. The summed E-state index contributed by atoms with van der Waals surface area (Å²) < 4.78 is 0. The minimum atomic E-state index is -0.0359. The Morgan fingerprint density at radius 2 is 2.00 bits per heavy atom. The Labute approximate surface area is 124 Å². The van der Waals surface area contributed by atoms with Crippen LogP contribution in [0.1, 0.15) is 37.4 Å². The molecule has 0 aromatic carbocycles. The number of anilines is 2. The molecular weight excluding hydrogens is 262 g/mol. The number of rotatable bonds is 3. The van der Waals surface area contributed by atoms with Crippen molar-refractivity contribution in [3.8, 4) is 0 Å². The molecule has 108 valence electrons. The number of carbonyl (C=O) groups excluding carboxylic acids is 1. The number of nitrogens with zero attached hydrogens (tertiary/aromatic N) is 2. The number of pyridine rings is 2. The van der Waals surface area contributed by atoms with Crippen LogP contribution in [0.3, 0.4) is 0 Å².